The van der Waals surface area contributed by atoms with Gasteiger partial charge in [-0.1, -0.05) is 170 Å². The molecule has 61 heavy (non-hydrogen) atoms. The second-order valence-electron chi connectivity index (χ2n) is 15.7. The van der Waals surface area contributed by atoms with Gasteiger partial charge in [-0.15, -0.1) is 11.3 Å². The van der Waals surface area contributed by atoms with Gasteiger partial charge in [0.25, 0.3) is 0 Å². The smallest absolute Gasteiger partial charge is 0.159 e. The zero-order chi connectivity index (χ0) is 40.3. The van der Waals surface area contributed by atoms with E-state index in [9.17, 15) is 0 Å². The first-order chi connectivity index (χ1) is 30.2. The quantitative estimate of drug-likeness (QED) is 0.166. The molecule has 0 unspecified atom stereocenters. The van der Waals surface area contributed by atoms with Gasteiger partial charge < -0.3 is 9.64 Å². The Balaban J connectivity index is 1.05. The van der Waals surface area contributed by atoms with E-state index in [1.54, 1.807) is 0 Å². The van der Waals surface area contributed by atoms with Crippen molar-refractivity contribution >= 4 is 59.3 Å². The normalized spacial score (nSPS) is 11.7. The molecule has 0 atom stereocenters. The Kier molecular flexibility index (Phi) is 8.39. The van der Waals surface area contributed by atoms with Crippen molar-refractivity contribution in [3.05, 3.63) is 224 Å². The highest BCUT2D eigenvalue weighted by Crippen LogP contribution is 2.54. The van der Waals surface area contributed by atoms with Gasteiger partial charge >= 0.3 is 0 Å². The summed E-state index contributed by atoms with van der Waals surface area (Å²) >= 11 is 1.87. The zero-order valence-corrected chi connectivity index (χ0v) is 33.9. The largest absolute Gasteiger partial charge is 0.454 e. The van der Waals surface area contributed by atoms with E-state index in [-0.39, 0.29) is 0 Å². The number of anilines is 3. The number of benzene rings is 10. The van der Waals surface area contributed by atoms with E-state index >= 15 is 0 Å². The third-order valence-corrected chi connectivity index (χ3v) is 13.3. The summed E-state index contributed by atoms with van der Waals surface area (Å²) in [5.74, 6) is 1.65. The molecule has 10 aromatic carbocycles. The lowest BCUT2D eigenvalue weighted by molar-refractivity contribution is 0.489. The van der Waals surface area contributed by atoms with Crippen molar-refractivity contribution in [1.82, 2.24) is 0 Å². The van der Waals surface area contributed by atoms with Crippen molar-refractivity contribution in [2.75, 3.05) is 4.90 Å². The third kappa shape index (κ3) is 6.09. The zero-order valence-electron chi connectivity index (χ0n) is 33.1. The summed E-state index contributed by atoms with van der Waals surface area (Å²) in [6, 6.07) is 81.0. The van der Waals surface area contributed by atoms with Crippen molar-refractivity contribution in [3.63, 3.8) is 0 Å². The van der Waals surface area contributed by atoms with E-state index in [1.165, 1.54) is 58.9 Å². The average Bonchev–Trinajstić information content (AvgIpc) is 3.65. The lowest BCUT2D eigenvalue weighted by atomic mass is 9.90. The Hall–Kier alpha value is -7.72. The van der Waals surface area contributed by atoms with Gasteiger partial charge in [0.2, 0.25) is 0 Å². The summed E-state index contributed by atoms with van der Waals surface area (Å²) in [7, 11) is 0. The first-order valence-corrected chi connectivity index (χ1v) is 21.6. The fraction of sp³-hybridized carbons (Fsp3) is 0. The molecule has 3 heteroatoms. The Morgan fingerprint density at radius 3 is 1.67 bits per heavy atom. The Bertz CT molecular complexity index is 3420. The van der Waals surface area contributed by atoms with Crippen LogP contribution in [0, 0.1) is 0 Å². The Labute approximate surface area is 358 Å². The van der Waals surface area contributed by atoms with Crippen LogP contribution >= 0.6 is 11.3 Å². The van der Waals surface area contributed by atoms with Gasteiger partial charge in [-0.25, -0.2) is 0 Å². The molecule has 0 N–H and O–H groups in total. The van der Waals surface area contributed by atoms with Gasteiger partial charge in [-0.05, 0) is 110 Å². The molecule has 0 saturated heterocycles. The molecule has 12 rings (SSSR count). The average molecular weight is 796 g/mol. The molecule has 0 radical (unpaired) electrons. The van der Waals surface area contributed by atoms with Crippen molar-refractivity contribution in [1.29, 1.82) is 0 Å². The van der Waals surface area contributed by atoms with Crippen LogP contribution in [0.4, 0.5) is 17.1 Å². The van der Waals surface area contributed by atoms with E-state index in [0.29, 0.717) is 0 Å². The molecule has 0 fully saturated rings. The minimum absolute atomic E-state index is 0.816. The summed E-state index contributed by atoms with van der Waals surface area (Å²) in [4.78, 5) is 2.35. The minimum Gasteiger partial charge on any atom is -0.454 e. The van der Waals surface area contributed by atoms with Crippen LogP contribution in [0.5, 0.6) is 11.5 Å². The monoisotopic (exact) mass is 795 g/mol. The molecular weight excluding hydrogens is 759 g/mol. The molecule has 0 bridgehead atoms. The lowest BCUT2D eigenvalue weighted by Gasteiger charge is -2.28. The van der Waals surface area contributed by atoms with Crippen molar-refractivity contribution < 1.29 is 4.74 Å². The number of hydrogen-bond donors (Lipinski definition) is 0. The van der Waals surface area contributed by atoms with Gasteiger partial charge in [0.15, 0.2) is 5.75 Å². The first kappa shape index (κ1) is 35.2. The molecule has 1 aliphatic rings. The predicted molar refractivity (Wildman–Crippen MR) is 259 cm³/mol. The highest BCUT2D eigenvalue weighted by atomic mass is 32.1. The van der Waals surface area contributed by atoms with Crippen LogP contribution in [0.25, 0.3) is 86.6 Å². The first-order valence-electron chi connectivity index (χ1n) is 20.7. The van der Waals surface area contributed by atoms with E-state index in [2.05, 4.69) is 229 Å². The van der Waals surface area contributed by atoms with Gasteiger partial charge in [0.1, 0.15) is 5.75 Å². The summed E-state index contributed by atoms with van der Waals surface area (Å²) < 4.78 is 9.94. The van der Waals surface area contributed by atoms with Crippen LogP contribution in [0.15, 0.2) is 224 Å². The molecule has 286 valence electrons. The maximum Gasteiger partial charge on any atom is 0.159 e. The molecule has 0 saturated carbocycles. The fourth-order valence-corrected chi connectivity index (χ4v) is 10.3. The number of ether oxygens (including phenoxy) is 1. The summed E-state index contributed by atoms with van der Waals surface area (Å²) in [5.41, 5.74) is 14.6. The van der Waals surface area contributed by atoms with E-state index in [1.807, 2.05) is 11.3 Å². The molecule has 2 heterocycles. The number of para-hydroxylation sites is 1. The summed E-state index contributed by atoms with van der Waals surface area (Å²) in [5, 5.41) is 4.93. The maximum atomic E-state index is 7.32. The summed E-state index contributed by atoms with van der Waals surface area (Å²) in [6.07, 6.45) is 0. The number of fused-ring (bicyclic) bond motifs is 9. The van der Waals surface area contributed by atoms with Gasteiger partial charge in [0, 0.05) is 42.7 Å². The molecule has 1 aliphatic heterocycles. The molecular formula is C58H37NOS. The van der Waals surface area contributed by atoms with Crippen molar-refractivity contribution in [2.45, 2.75) is 0 Å². The second kappa shape index (κ2) is 14.5. The van der Waals surface area contributed by atoms with Gasteiger partial charge in [0.05, 0.1) is 5.69 Å². The second-order valence-corrected chi connectivity index (χ2v) is 16.7. The Morgan fingerprint density at radius 2 is 0.918 bits per heavy atom. The number of hydrogen-bond acceptors (Lipinski definition) is 3. The van der Waals surface area contributed by atoms with Crippen LogP contribution in [0.2, 0.25) is 0 Å². The highest BCUT2D eigenvalue weighted by molar-refractivity contribution is 7.26. The predicted octanol–water partition coefficient (Wildman–Crippen LogP) is 17.1. The fourth-order valence-electron chi connectivity index (χ4n) is 9.08. The Morgan fingerprint density at radius 1 is 0.344 bits per heavy atom. The summed E-state index contributed by atoms with van der Waals surface area (Å²) in [6.45, 7) is 0. The minimum atomic E-state index is 0.816. The number of nitrogens with zero attached hydrogens (tertiary/aromatic N) is 1. The molecule has 11 aromatic rings. The van der Waals surface area contributed by atoms with E-state index < -0.39 is 0 Å². The molecule has 2 nitrogen and oxygen atoms in total. The van der Waals surface area contributed by atoms with Crippen LogP contribution in [0.1, 0.15) is 0 Å². The van der Waals surface area contributed by atoms with Crippen LogP contribution in [-0.4, -0.2) is 0 Å². The third-order valence-electron chi connectivity index (χ3n) is 12.1. The van der Waals surface area contributed by atoms with Crippen LogP contribution in [0.3, 0.4) is 0 Å². The van der Waals surface area contributed by atoms with Crippen LogP contribution < -0.4 is 9.64 Å². The lowest BCUT2D eigenvalue weighted by Crippen LogP contribution is -2.11. The van der Waals surface area contributed by atoms with E-state index in [4.69, 9.17) is 4.74 Å². The van der Waals surface area contributed by atoms with Crippen molar-refractivity contribution in [2.24, 2.45) is 0 Å². The molecule has 0 spiro atoms. The topological polar surface area (TPSA) is 12.5 Å². The van der Waals surface area contributed by atoms with Crippen molar-refractivity contribution in [3.8, 4) is 67.1 Å². The maximum absolute atomic E-state index is 7.32. The SMILES string of the molecule is c1ccc(-c2ccc(N(c3ccc(-c4cccc5c4sc4ccccc45)cc3)c3cccc4c3Oc3cc5ccccc5cc3-c3cc(-c5ccccc5)ccc3-4)cc2)cc1. The molecule has 0 amide bonds. The van der Waals surface area contributed by atoms with Gasteiger partial charge in [-0.3, -0.25) is 0 Å². The molecule has 0 aliphatic carbocycles. The van der Waals surface area contributed by atoms with E-state index in [0.717, 1.165) is 56.2 Å². The number of rotatable bonds is 6. The van der Waals surface area contributed by atoms with Crippen LogP contribution in [-0.2, 0) is 0 Å². The number of thiophene rings is 1. The van der Waals surface area contributed by atoms with Gasteiger partial charge in [-0.2, -0.15) is 0 Å². The highest BCUT2D eigenvalue weighted by Gasteiger charge is 2.27. The standard InChI is InChI=1S/C58H37NOS/c1-3-13-38(14-4-1)40-25-30-45(31-26-40)59(46-32-27-41(28-33-46)47-20-11-22-51-49-19-9-10-24-56(49)61-58(47)51)54-23-12-21-50-48-34-29-44(39-15-5-2-6-16-39)35-52(48)53-36-42-17-7-8-18-43(42)37-55(53)60-57(50)54/h1-37H. The molecule has 1 aromatic heterocycles.